The molecule has 1 unspecified atom stereocenters. The van der Waals surface area contributed by atoms with Gasteiger partial charge in [0.2, 0.25) is 0 Å². The van der Waals surface area contributed by atoms with Crippen LogP contribution in [0.1, 0.15) is 11.6 Å². The summed E-state index contributed by atoms with van der Waals surface area (Å²) in [5.74, 6) is -0.177. The number of thioether (sulfide) groups is 1. The van der Waals surface area contributed by atoms with Crippen molar-refractivity contribution in [3.8, 4) is 0 Å². The third-order valence-corrected chi connectivity index (χ3v) is 3.37. The predicted octanol–water partition coefficient (Wildman–Crippen LogP) is 2.33. The molecule has 0 aliphatic carbocycles. The molecule has 1 aliphatic rings. The highest BCUT2D eigenvalue weighted by Gasteiger charge is 2.25. The molecule has 1 aromatic rings. The number of hydrogen-bond donors (Lipinski definition) is 1. The first-order chi connectivity index (χ1) is 6.22. The lowest BCUT2D eigenvalue weighted by molar-refractivity contribution is 0.551. The molecule has 1 N–H and O–H groups in total. The van der Waals surface area contributed by atoms with Gasteiger partial charge in [0, 0.05) is 22.8 Å². The summed E-state index contributed by atoms with van der Waals surface area (Å²) in [6, 6.07) is 2.41. The summed E-state index contributed by atoms with van der Waals surface area (Å²) in [5, 5.41) is 3.02. The second kappa shape index (κ2) is 3.27. The maximum Gasteiger partial charge on any atom is 0.140 e. The zero-order valence-corrected chi connectivity index (χ0v) is 7.92. The minimum atomic E-state index is -0.501. The van der Waals surface area contributed by atoms with Crippen LogP contribution in [-0.4, -0.2) is 12.8 Å². The van der Waals surface area contributed by atoms with E-state index in [9.17, 15) is 8.78 Å². The lowest BCUT2D eigenvalue weighted by Gasteiger charge is -2.08. The average Bonchev–Trinajstić information content (AvgIpc) is 2.47. The number of benzene rings is 1. The smallest absolute Gasteiger partial charge is 0.140 e. The van der Waals surface area contributed by atoms with Gasteiger partial charge in [0.25, 0.3) is 0 Å². The Kier molecular flexibility index (Phi) is 2.26. The van der Waals surface area contributed by atoms with Gasteiger partial charge in [0.1, 0.15) is 11.6 Å². The molecule has 1 aliphatic heterocycles. The number of halogens is 2. The van der Waals surface area contributed by atoms with Crippen molar-refractivity contribution < 1.29 is 8.78 Å². The molecule has 2 rings (SSSR count). The summed E-state index contributed by atoms with van der Waals surface area (Å²) in [5.41, 5.74) is 0.741. The average molecular weight is 201 g/mol. The first kappa shape index (κ1) is 8.97. The largest absolute Gasteiger partial charge is 0.312 e. The third kappa shape index (κ3) is 1.44. The van der Waals surface area contributed by atoms with Crippen molar-refractivity contribution in [2.75, 3.05) is 12.8 Å². The second-order valence-electron chi connectivity index (χ2n) is 2.96. The Labute approximate surface area is 79.5 Å². The molecule has 0 amide bonds. The maximum absolute atomic E-state index is 13.2. The molecular formula is C9H9F2NS. The van der Waals surface area contributed by atoms with Gasteiger partial charge in [-0.05, 0) is 18.7 Å². The van der Waals surface area contributed by atoms with E-state index in [1.807, 2.05) is 0 Å². The van der Waals surface area contributed by atoms with Crippen molar-refractivity contribution in [2.45, 2.75) is 10.9 Å². The molecule has 1 heterocycles. The van der Waals surface area contributed by atoms with E-state index >= 15 is 0 Å². The van der Waals surface area contributed by atoms with Crippen LogP contribution in [0.5, 0.6) is 0 Å². The van der Waals surface area contributed by atoms with Crippen LogP contribution in [0.25, 0.3) is 0 Å². The highest BCUT2D eigenvalue weighted by Crippen LogP contribution is 2.39. The number of fused-ring (bicyclic) bond motifs is 1. The van der Waals surface area contributed by atoms with Gasteiger partial charge in [-0.25, -0.2) is 8.78 Å². The van der Waals surface area contributed by atoms with E-state index in [1.54, 1.807) is 7.05 Å². The van der Waals surface area contributed by atoms with Crippen LogP contribution in [0.15, 0.2) is 17.0 Å². The van der Waals surface area contributed by atoms with Crippen LogP contribution in [0.2, 0.25) is 0 Å². The van der Waals surface area contributed by atoms with Gasteiger partial charge in [-0.2, -0.15) is 0 Å². The fourth-order valence-electron chi connectivity index (χ4n) is 1.49. The molecule has 13 heavy (non-hydrogen) atoms. The zero-order valence-electron chi connectivity index (χ0n) is 7.10. The van der Waals surface area contributed by atoms with Gasteiger partial charge in [-0.3, -0.25) is 0 Å². The molecule has 1 aromatic carbocycles. The molecule has 0 spiro atoms. The summed E-state index contributed by atoms with van der Waals surface area (Å²) in [7, 11) is 1.79. The van der Waals surface area contributed by atoms with Crippen LogP contribution >= 0.6 is 11.8 Å². The fourth-order valence-corrected chi connectivity index (χ4v) is 2.73. The first-order valence-electron chi connectivity index (χ1n) is 4.01. The minimum absolute atomic E-state index is 0.0743. The molecular weight excluding hydrogens is 192 g/mol. The summed E-state index contributed by atoms with van der Waals surface area (Å²) >= 11 is 1.43. The Balaban J connectivity index is 2.51. The van der Waals surface area contributed by atoms with E-state index in [4.69, 9.17) is 0 Å². The maximum atomic E-state index is 13.2. The van der Waals surface area contributed by atoms with Crippen LogP contribution in [0, 0.1) is 11.6 Å². The van der Waals surface area contributed by atoms with E-state index in [2.05, 4.69) is 5.32 Å². The lowest BCUT2D eigenvalue weighted by Crippen LogP contribution is -2.15. The molecule has 0 bridgehead atoms. The summed E-state index contributed by atoms with van der Waals surface area (Å²) < 4.78 is 26.0. The predicted molar refractivity (Wildman–Crippen MR) is 48.9 cm³/mol. The summed E-state index contributed by atoms with van der Waals surface area (Å²) in [6.45, 7) is 0. The molecule has 0 aromatic heterocycles. The molecule has 70 valence electrons. The van der Waals surface area contributed by atoms with Crippen molar-refractivity contribution >= 4 is 11.8 Å². The van der Waals surface area contributed by atoms with Gasteiger partial charge in [-0.15, -0.1) is 11.8 Å². The van der Waals surface area contributed by atoms with Gasteiger partial charge in [0.05, 0.1) is 0 Å². The van der Waals surface area contributed by atoms with Crippen molar-refractivity contribution in [2.24, 2.45) is 0 Å². The Morgan fingerprint density at radius 3 is 2.92 bits per heavy atom. The van der Waals surface area contributed by atoms with Gasteiger partial charge >= 0.3 is 0 Å². The van der Waals surface area contributed by atoms with Crippen molar-refractivity contribution in [3.05, 3.63) is 29.3 Å². The molecule has 0 fully saturated rings. The molecule has 4 heteroatoms. The topological polar surface area (TPSA) is 12.0 Å². The van der Waals surface area contributed by atoms with Crippen LogP contribution in [0.4, 0.5) is 8.78 Å². The highest BCUT2D eigenvalue weighted by molar-refractivity contribution is 7.99. The zero-order chi connectivity index (χ0) is 9.42. The van der Waals surface area contributed by atoms with E-state index in [-0.39, 0.29) is 6.04 Å². The molecule has 1 nitrogen and oxygen atoms in total. The van der Waals surface area contributed by atoms with E-state index in [0.29, 0.717) is 4.90 Å². The Hall–Kier alpha value is -0.610. The third-order valence-electron chi connectivity index (χ3n) is 2.16. The number of nitrogens with one attached hydrogen (secondary N) is 1. The van der Waals surface area contributed by atoms with Gasteiger partial charge in [0.15, 0.2) is 0 Å². The quantitative estimate of drug-likeness (QED) is 0.748. The molecule has 1 atom stereocenters. The minimum Gasteiger partial charge on any atom is -0.312 e. The normalized spacial score (nSPS) is 20.4. The fraction of sp³-hybridized carbons (Fsp3) is 0.333. The Morgan fingerprint density at radius 1 is 1.46 bits per heavy atom. The van der Waals surface area contributed by atoms with Crippen molar-refractivity contribution in [1.29, 1.82) is 0 Å². The number of rotatable bonds is 1. The van der Waals surface area contributed by atoms with Crippen LogP contribution in [0.3, 0.4) is 0 Å². The van der Waals surface area contributed by atoms with Crippen LogP contribution < -0.4 is 5.32 Å². The van der Waals surface area contributed by atoms with E-state index < -0.39 is 11.6 Å². The van der Waals surface area contributed by atoms with E-state index in [1.165, 1.54) is 17.8 Å². The molecule has 0 saturated heterocycles. The standard InChI is InChI=1S/C9H9F2NS/c1-12-8-4-13-9-6(8)2-5(10)3-7(9)11/h2-3,8,12H,4H2,1H3. The monoisotopic (exact) mass is 201 g/mol. The first-order valence-corrected chi connectivity index (χ1v) is 5.00. The Bertz CT molecular complexity index is 341. The summed E-state index contributed by atoms with van der Waals surface area (Å²) in [4.78, 5) is 0.584. The van der Waals surface area contributed by atoms with Crippen LogP contribution in [-0.2, 0) is 0 Å². The van der Waals surface area contributed by atoms with E-state index in [0.717, 1.165) is 17.4 Å². The number of hydrogen-bond acceptors (Lipinski definition) is 2. The van der Waals surface area contributed by atoms with Gasteiger partial charge < -0.3 is 5.32 Å². The summed E-state index contributed by atoms with van der Waals surface area (Å²) in [6.07, 6.45) is 0. The SMILES string of the molecule is CNC1CSc2c(F)cc(F)cc21. The second-order valence-corrected chi connectivity index (χ2v) is 3.99. The molecule has 0 saturated carbocycles. The van der Waals surface area contributed by atoms with Crippen molar-refractivity contribution in [3.63, 3.8) is 0 Å². The molecule has 0 radical (unpaired) electrons. The van der Waals surface area contributed by atoms with Crippen molar-refractivity contribution in [1.82, 2.24) is 5.32 Å². The lowest BCUT2D eigenvalue weighted by atomic mass is 10.1. The van der Waals surface area contributed by atoms with Gasteiger partial charge in [-0.1, -0.05) is 0 Å². The Morgan fingerprint density at radius 2 is 2.23 bits per heavy atom. The highest BCUT2D eigenvalue weighted by atomic mass is 32.2.